The molecule has 1 fully saturated rings. The first-order chi connectivity index (χ1) is 15.3. The van der Waals surface area contributed by atoms with Gasteiger partial charge in [-0.25, -0.2) is 4.99 Å². The normalized spacial score (nSPS) is 17.7. The lowest BCUT2D eigenvalue weighted by atomic mass is 9.88. The number of carbonyl (C=O) groups is 1. The van der Waals surface area contributed by atoms with Gasteiger partial charge in [0.2, 0.25) is 0 Å². The lowest BCUT2D eigenvalue weighted by Crippen LogP contribution is -2.32. The molecule has 6 heteroatoms. The SMILES string of the molecule is CCc1ccc(C(CC)CC)c(C)c1N=C1CC(Cl)C(=O)N1c1c(C)cc(Cl)cc1OC. The molecule has 1 aliphatic rings. The maximum atomic E-state index is 13.1. The molecule has 1 aliphatic heterocycles. The number of amides is 1. The van der Waals surface area contributed by atoms with Crippen LogP contribution in [0, 0.1) is 13.8 Å². The van der Waals surface area contributed by atoms with Crippen molar-refractivity contribution >= 4 is 46.3 Å². The maximum Gasteiger partial charge on any atom is 0.251 e. The van der Waals surface area contributed by atoms with Crippen molar-refractivity contribution in [2.24, 2.45) is 4.99 Å². The molecule has 2 aromatic rings. The quantitative estimate of drug-likeness (QED) is 0.389. The molecule has 0 spiro atoms. The summed E-state index contributed by atoms with van der Waals surface area (Å²) in [6, 6.07) is 7.95. The van der Waals surface area contributed by atoms with Gasteiger partial charge < -0.3 is 4.74 Å². The van der Waals surface area contributed by atoms with Gasteiger partial charge in [-0.05, 0) is 67.3 Å². The molecule has 0 saturated carbocycles. The highest BCUT2D eigenvalue weighted by molar-refractivity contribution is 6.42. The molecule has 172 valence electrons. The van der Waals surface area contributed by atoms with E-state index in [0.29, 0.717) is 34.6 Å². The zero-order valence-electron chi connectivity index (χ0n) is 19.8. The molecule has 0 aromatic heterocycles. The average Bonchev–Trinajstić information content (AvgIpc) is 3.04. The summed E-state index contributed by atoms with van der Waals surface area (Å²) in [5.74, 6) is 1.46. The third-order valence-corrected chi connectivity index (χ3v) is 6.94. The Bertz CT molecular complexity index is 1040. The third kappa shape index (κ3) is 4.53. The molecular formula is C26H32Cl2N2O2. The van der Waals surface area contributed by atoms with Gasteiger partial charge in [-0.1, -0.05) is 44.5 Å². The van der Waals surface area contributed by atoms with Crippen LogP contribution in [0.2, 0.25) is 5.02 Å². The standard InChI is InChI=1S/C26H32Cl2N2O2/c1-7-17(8-2)20-11-10-18(9-3)24(16(20)5)29-23-14-21(28)26(31)30(23)25-15(4)12-19(27)13-22(25)32-6/h10-13,17,21H,7-9,14H2,1-6H3. The first-order valence-electron chi connectivity index (χ1n) is 11.3. The number of hydrogen-bond donors (Lipinski definition) is 0. The topological polar surface area (TPSA) is 41.9 Å². The fraction of sp³-hybridized carbons (Fsp3) is 0.462. The number of aliphatic imine (C=N–C) groups is 1. The number of carbonyl (C=O) groups excluding carboxylic acids is 1. The number of anilines is 1. The Hall–Kier alpha value is -2.04. The second kappa shape index (κ2) is 10.3. The molecule has 32 heavy (non-hydrogen) atoms. The summed E-state index contributed by atoms with van der Waals surface area (Å²) in [5.41, 5.74) is 6.09. The van der Waals surface area contributed by atoms with Crippen molar-refractivity contribution in [3.63, 3.8) is 0 Å². The Morgan fingerprint density at radius 3 is 2.47 bits per heavy atom. The van der Waals surface area contributed by atoms with Crippen LogP contribution in [0.3, 0.4) is 0 Å². The van der Waals surface area contributed by atoms with E-state index in [2.05, 4.69) is 39.8 Å². The van der Waals surface area contributed by atoms with Gasteiger partial charge in [-0.3, -0.25) is 9.69 Å². The van der Waals surface area contributed by atoms with E-state index in [1.54, 1.807) is 18.1 Å². The fourth-order valence-electron chi connectivity index (χ4n) is 4.60. The number of benzene rings is 2. The Morgan fingerprint density at radius 2 is 1.88 bits per heavy atom. The zero-order chi connectivity index (χ0) is 23.6. The molecule has 0 radical (unpaired) electrons. The van der Waals surface area contributed by atoms with Crippen LogP contribution < -0.4 is 9.64 Å². The van der Waals surface area contributed by atoms with Crippen LogP contribution in [0.5, 0.6) is 5.75 Å². The smallest absolute Gasteiger partial charge is 0.251 e. The van der Waals surface area contributed by atoms with E-state index in [4.69, 9.17) is 32.9 Å². The van der Waals surface area contributed by atoms with Gasteiger partial charge in [0, 0.05) is 17.5 Å². The number of methoxy groups -OCH3 is 1. The Kier molecular flexibility index (Phi) is 7.89. The van der Waals surface area contributed by atoms with E-state index in [9.17, 15) is 4.79 Å². The highest BCUT2D eigenvalue weighted by Crippen LogP contribution is 2.41. The van der Waals surface area contributed by atoms with Crippen LogP contribution in [-0.2, 0) is 11.2 Å². The van der Waals surface area contributed by atoms with Crippen molar-refractivity contribution in [3.05, 3.63) is 51.5 Å². The molecule has 1 saturated heterocycles. The number of ether oxygens (including phenoxy) is 1. The van der Waals surface area contributed by atoms with Gasteiger partial charge in [-0.2, -0.15) is 0 Å². The largest absolute Gasteiger partial charge is 0.494 e. The average molecular weight is 475 g/mol. The molecule has 0 N–H and O–H groups in total. The first-order valence-corrected chi connectivity index (χ1v) is 12.1. The monoisotopic (exact) mass is 474 g/mol. The minimum absolute atomic E-state index is 0.194. The number of rotatable bonds is 7. The van der Waals surface area contributed by atoms with Crippen LogP contribution in [-0.4, -0.2) is 24.2 Å². The van der Waals surface area contributed by atoms with Gasteiger partial charge in [0.05, 0.1) is 18.5 Å². The number of halogens is 2. The molecule has 2 aromatic carbocycles. The molecule has 1 atom stereocenters. The van der Waals surface area contributed by atoms with Gasteiger partial charge in [0.25, 0.3) is 5.91 Å². The lowest BCUT2D eigenvalue weighted by Gasteiger charge is -2.24. The van der Waals surface area contributed by atoms with E-state index in [1.165, 1.54) is 11.1 Å². The van der Waals surface area contributed by atoms with Crippen molar-refractivity contribution in [1.82, 2.24) is 0 Å². The number of hydrogen-bond acceptors (Lipinski definition) is 3. The predicted octanol–water partition coefficient (Wildman–Crippen LogP) is 7.51. The van der Waals surface area contributed by atoms with Crippen molar-refractivity contribution < 1.29 is 9.53 Å². The van der Waals surface area contributed by atoms with Gasteiger partial charge in [0.1, 0.15) is 17.0 Å². The van der Waals surface area contributed by atoms with Crippen molar-refractivity contribution in [2.45, 2.75) is 71.6 Å². The van der Waals surface area contributed by atoms with Crippen LogP contribution in [0.1, 0.15) is 68.2 Å². The van der Waals surface area contributed by atoms with Gasteiger partial charge in [0.15, 0.2) is 0 Å². The molecule has 1 amide bonds. The number of nitrogens with zero attached hydrogens (tertiary/aromatic N) is 2. The number of aryl methyl sites for hydroxylation is 2. The summed E-state index contributed by atoms with van der Waals surface area (Å²) in [4.78, 5) is 19.8. The van der Waals surface area contributed by atoms with E-state index < -0.39 is 5.38 Å². The van der Waals surface area contributed by atoms with E-state index in [0.717, 1.165) is 36.1 Å². The lowest BCUT2D eigenvalue weighted by molar-refractivity contribution is -0.116. The fourth-order valence-corrected chi connectivity index (χ4v) is 5.10. The summed E-state index contributed by atoms with van der Waals surface area (Å²) in [6.07, 6.45) is 3.38. The van der Waals surface area contributed by atoms with Crippen molar-refractivity contribution in [2.75, 3.05) is 12.0 Å². The van der Waals surface area contributed by atoms with Gasteiger partial charge >= 0.3 is 0 Å². The Labute approximate surface area is 201 Å². The summed E-state index contributed by atoms with van der Waals surface area (Å²) in [6.45, 7) is 10.6. The number of alkyl halides is 1. The van der Waals surface area contributed by atoms with Gasteiger partial charge in [-0.15, -0.1) is 11.6 Å². The van der Waals surface area contributed by atoms with Crippen LogP contribution >= 0.6 is 23.2 Å². The highest BCUT2D eigenvalue weighted by Gasteiger charge is 2.39. The summed E-state index contributed by atoms with van der Waals surface area (Å²) in [5, 5.41) is -0.112. The minimum atomic E-state index is -0.666. The molecule has 1 heterocycles. The summed E-state index contributed by atoms with van der Waals surface area (Å²) < 4.78 is 5.57. The second-order valence-electron chi connectivity index (χ2n) is 8.30. The van der Waals surface area contributed by atoms with Crippen molar-refractivity contribution in [3.8, 4) is 5.75 Å². The molecule has 4 nitrogen and oxygen atoms in total. The van der Waals surface area contributed by atoms with Crippen molar-refractivity contribution in [1.29, 1.82) is 0 Å². The first kappa shape index (κ1) is 24.6. The zero-order valence-corrected chi connectivity index (χ0v) is 21.3. The van der Waals surface area contributed by atoms with Crippen LogP contribution in [0.15, 0.2) is 29.3 Å². The molecule has 0 aliphatic carbocycles. The van der Waals surface area contributed by atoms with E-state index >= 15 is 0 Å². The summed E-state index contributed by atoms with van der Waals surface area (Å²) in [7, 11) is 1.57. The Balaban J connectivity index is 2.22. The molecule has 0 bridgehead atoms. The highest BCUT2D eigenvalue weighted by atomic mass is 35.5. The maximum absolute atomic E-state index is 13.1. The summed E-state index contributed by atoms with van der Waals surface area (Å²) >= 11 is 12.7. The molecule has 1 unspecified atom stereocenters. The predicted molar refractivity (Wildman–Crippen MR) is 135 cm³/mol. The van der Waals surface area contributed by atoms with E-state index in [-0.39, 0.29) is 5.91 Å². The molecular weight excluding hydrogens is 443 g/mol. The molecule has 3 rings (SSSR count). The van der Waals surface area contributed by atoms with Crippen LogP contribution in [0.4, 0.5) is 11.4 Å². The number of amidine groups is 1. The van der Waals surface area contributed by atoms with E-state index in [1.807, 2.05) is 13.0 Å². The van der Waals surface area contributed by atoms with Crippen LogP contribution in [0.25, 0.3) is 0 Å². The second-order valence-corrected chi connectivity index (χ2v) is 9.26. The Morgan fingerprint density at radius 1 is 1.19 bits per heavy atom. The third-order valence-electron chi connectivity index (χ3n) is 6.39. The minimum Gasteiger partial charge on any atom is -0.494 e.